The molecule has 108 valence electrons. The first-order valence-corrected chi connectivity index (χ1v) is 7.00. The zero-order valence-corrected chi connectivity index (χ0v) is 13.2. The number of rotatable bonds is 6. The van der Waals surface area contributed by atoms with Gasteiger partial charge >= 0.3 is 0 Å². The maximum atomic E-state index is 5.44. The fraction of sp³-hybridized carbons (Fsp3) is 0.625. The molecule has 1 aromatic carbocycles. The smallest absolute Gasteiger partial charge is 0.142 e. The first-order chi connectivity index (χ1) is 8.89. The second kappa shape index (κ2) is 6.80. The van der Waals surface area contributed by atoms with Crippen molar-refractivity contribution >= 4 is 5.69 Å². The minimum Gasteiger partial charge on any atom is -0.495 e. The van der Waals surface area contributed by atoms with E-state index >= 15 is 0 Å². The summed E-state index contributed by atoms with van der Waals surface area (Å²) < 4.78 is 5.44. The zero-order chi connectivity index (χ0) is 14.5. The molecule has 0 aliphatic heterocycles. The topological polar surface area (TPSA) is 24.5 Å². The summed E-state index contributed by atoms with van der Waals surface area (Å²) in [5.74, 6) is 0.930. The van der Waals surface area contributed by atoms with Crippen molar-refractivity contribution in [2.45, 2.75) is 45.7 Å². The lowest BCUT2D eigenvalue weighted by Gasteiger charge is -2.33. The lowest BCUT2D eigenvalue weighted by Crippen LogP contribution is -2.46. The van der Waals surface area contributed by atoms with Crippen molar-refractivity contribution in [3.8, 4) is 5.75 Å². The summed E-state index contributed by atoms with van der Waals surface area (Å²) in [4.78, 5) is 2.30. The van der Waals surface area contributed by atoms with Gasteiger partial charge in [0.1, 0.15) is 5.75 Å². The van der Waals surface area contributed by atoms with Crippen LogP contribution in [0.2, 0.25) is 0 Å². The molecule has 0 saturated carbocycles. The van der Waals surface area contributed by atoms with Gasteiger partial charge < -0.3 is 15.0 Å². The van der Waals surface area contributed by atoms with E-state index in [4.69, 9.17) is 4.74 Å². The van der Waals surface area contributed by atoms with Gasteiger partial charge in [-0.15, -0.1) is 0 Å². The van der Waals surface area contributed by atoms with Crippen LogP contribution in [-0.4, -0.2) is 32.3 Å². The van der Waals surface area contributed by atoms with E-state index in [1.807, 2.05) is 12.1 Å². The van der Waals surface area contributed by atoms with Crippen molar-refractivity contribution in [3.63, 3.8) is 0 Å². The second-order valence-electron chi connectivity index (χ2n) is 5.98. The quantitative estimate of drug-likeness (QED) is 0.853. The molecule has 0 bridgehead atoms. The highest BCUT2D eigenvalue weighted by atomic mass is 16.5. The molecule has 3 nitrogen and oxygen atoms in total. The second-order valence-corrected chi connectivity index (χ2v) is 5.98. The Kier molecular flexibility index (Phi) is 5.67. The first-order valence-electron chi connectivity index (χ1n) is 7.00. The van der Waals surface area contributed by atoms with Gasteiger partial charge in [0.25, 0.3) is 0 Å². The number of nitrogens with zero attached hydrogens (tertiary/aromatic N) is 1. The lowest BCUT2D eigenvalue weighted by molar-refractivity contribution is 0.391. The number of ether oxygens (including phenoxy) is 1. The Morgan fingerprint density at radius 2 is 1.89 bits per heavy atom. The van der Waals surface area contributed by atoms with Crippen LogP contribution in [0.1, 0.15) is 34.1 Å². The maximum Gasteiger partial charge on any atom is 0.142 e. The summed E-state index contributed by atoms with van der Waals surface area (Å²) in [6.07, 6.45) is 1.09. The van der Waals surface area contributed by atoms with E-state index in [1.54, 1.807) is 7.11 Å². The van der Waals surface area contributed by atoms with E-state index in [-0.39, 0.29) is 5.54 Å². The predicted molar refractivity (Wildman–Crippen MR) is 83.2 cm³/mol. The third-order valence-corrected chi connectivity index (χ3v) is 3.35. The van der Waals surface area contributed by atoms with Gasteiger partial charge in [0.05, 0.1) is 12.8 Å². The van der Waals surface area contributed by atoms with Gasteiger partial charge in [0.2, 0.25) is 0 Å². The molecule has 1 aromatic rings. The number of hydrogen-bond acceptors (Lipinski definition) is 3. The molecule has 0 spiro atoms. The highest BCUT2D eigenvalue weighted by molar-refractivity contribution is 5.58. The van der Waals surface area contributed by atoms with Crippen molar-refractivity contribution in [2.75, 3.05) is 25.6 Å². The number of anilines is 1. The number of methoxy groups -OCH3 is 1. The van der Waals surface area contributed by atoms with Crippen LogP contribution in [0.15, 0.2) is 24.3 Å². The minimum absolute atomic E-state index is 0.148. The summed E-state index contributed by atoms with van der Waals surface area (Å²) in [7, 11) is 3.86. The van der Waals surface area contributed by atoms with Crippen LogP contribution >= 0.6 is 0 Å². The molecule has 0 aromatic heterocycles. The fourth-order valence-corrected chi connectivity index (χ4v) is 2.10. The molecule has 0 heterocycles. The van der Waals surface area contributed by atoms with Crippen LogP contribution in [0, 0.1) is 0 Å². The van der Waals surface area contributed by atoms with Crippen LogP contribution in [0.4, 0.5) is 5.69 Å². The summed E-state index contributed by atoms with van der Waals surface area (Å²) in [5.41, 5.74) is 1.29. The monoisotopic (exact) mass is 264 g/mol. The van der Waals surface area contributed by atoms with E-state index in [0.717, 1.165) is 24.4 Å². The Labute approximate surface area is 118 Å². The Balaban J connectivity index is 2.80. The molecule has 1 N–H and O–H groups in total. The van der Waals surface area contributed by atoms with Gasteiger partial charge in [0, 0.05) is 25.2 Å². The van der Waals surface area contributed by atoms with Gasteiger partial charge in [0.15, 0.2) is 0 Å². The van der Waals surface area contributed by atoms with Gasteiger partial charge in [-0.2, -0.15) is 0 Å². The largest absolute Gasteiger partial charge is 0.495 e. The number of hydrogen-bond donors (Lipinski definition) is 1. The van der Waals surface area contributed by atoms with E-state index < -0.39 is 0 Å². The Hall–Kier alpha value is -1.22. The van der Waals surface area contributed by atoms with Crippen molar-refractivity contribution in [1.82, 2.24) is 5.32 Å². The normalized spacial score (nSPS) is 13.2. The molecule has 3 heteroatoms. The van der Waals surface area contributed by atoms with Gasteiger partial charge in [-0.05, 0) is 39.3 Å². The molecule has 0 radical (unpaired) electrons. The summed E-state index contributed by atoms with van der Waals surface area (Å²) in [6, 6.07) is 8.63. The number of benzene rings is 1. The third kappa shape index (κ3) is 4.75. The van der Waals surface area contributed by atoms with Crippen LogP contribution in [0.25, 0.3) is 0 Å². The van der Waals surface area contributed by atoms with E-state index in [1.165, 1.54) is 0 Å². The van der Waals surface area contributed by atoms with Gasteiger partial charge in [-0.25, -0.2) is 0 Å². The molecule has 19 heavy (non-hydrogen) atoms. The van der Waals surface area contributed by atoms with Crippen LogP contribution in [0.3, 0.4) is 0 Å². The van der Waals surface area contributed by atoms with E-state index in [0.29, 0.717) is 6.04 Å². The van der Waals surface area contributed by atoms with E-state index in [9.17, 15) is 0 Å². The molecule has 0 amide bonds. The Morgan fingerprint density at radius 1 is 1.26 bits per heavy atom. The SMILES string of the molecule is CCC(CNC(C)(C)C)N(C)c1ccccc1OC. The number of nitrogens with one attached hydrogen (secondary N) is 1. The molecular weight excluding hydrogens is 236 g/mol. The average Bonchev–Trinajstić information content (AvgIpc) is 2.37. The van der Waals surface area contributed by atoms with Crippen molar-refractivity contribution < 1.29 is 4.74 Å². The zero-order valence-electron chi connectivity index (χ0n) is 13.2. The molecule has 1 rings (SSSR count). The van der Waals surface area contributed by atoms with Gasteiger partial charge in [-0.3, -0.25) is 0 Å². The van der Waals surface area contributed by atoms with Crippen molar-refractivity contribution in [3.05, 3.63) is 24.3 Å². The Bertz CT molecular complexity index is 385. The fourth-order valence-electron chi connectivity index (χ4n) is 2.10. The molecule has 1 atom stereocenters. The van der Waals surface area contributed by atoms with Crippen molar-refractivity contribution in [1.29, 1.82) is 0 Å². The van der Waals surface area contributed by atoms with Crippen LogP contribution in [-0.2, 0) is 0 Å². The standard InChI is InChI=1S/C16H28N2O/c1-7-13(12-17-16(2,3)4)18(5)14-10-8-9-11-15(14)19-6/h8-11,13,17H,7,12H2,1-6H3. The minimum atomic E-state index is 0.148. The third-order valence-electron chi connectivity index (χ3n) is 3.35. The van der Waals surface area contributed by atoms with Gasteiger partial charge in [-0.1, -0.05) is 19.1 Å². The van der Waals surface area contributed by atoms with Crippen LogP contribution in [0.5, 0.6) is 5.75 Å². The first kappa shape index (κ1) is 15.8. The Morgan fingerprint density at radius 3 is 2.42 bits per heavy atom. The van der Waals surface area contributed by atoms with E-state index in [2.05, 4.69) is 57.1 Å². The highest BCUT2D eigenvalue weighted by Crippen LogP contribution is 2.28. The molecule has 0 saturated heterocycles. The number of para-hydroxylation sites is 2. The van der Waals surface area contributed by atoms with Crippen LogP contribution < -0.4 is 15.0 Å². The summed E-state index contributed by atoms with van der Waals surface area (Å²) >= 11 is 0. The summed E-state index contributed by atoms with van der Waals surface area (Å²) in [5, 5.41) is 3.58. The molecular formula is C16H28N2O. The maximum absolute atomic E-state index is 5.44. The summed E-state index contributed by atoms with van der Waals surface area (Å²) in [6.45, 7) is 9.78. The number of likely N-dealkylation sites (N-methyl/N-ethyl adjacent to an activating group) is 1. The van der Waals surface area contributed by atoms with Crippen molar-refractivity contribution in [2.24, 2.45) is 0 Å². The molecule has 0 aliphatic rings. The predicted octanol–water partition coefficient (Wildman–Crippen LogP) is 3.30. The lowest BCUT2D eigenvalue weighted by atomic mass is 10.1. The highest BCUT2D eigenvalue weighted by Gasteiger charge is 2.18. The average molecular weight is 264 g/mol. The molecule has 0 aliphatic carbocycles. The molecule has 1 unspecified atom stereocenters. The molecule has 0 fully saturated rings.